The molecule has 0 aromatic rings. The second kappa shape index (κ2) is 3.45. The average Bonchev–Trinajstić information content (AvgIpc) is 1.86. The molecule has 0 saturated carbocycles. The first-order valence-corrected chi connectivity index (χ1v) is 2.00. The van der Waals surface area contributed by atoms with Crippen LogP contribution in [0.2, 0.25) is 0 Å². The molecule has 1 saturated heterocycles. The van der Waals surface area contributed by atoms with Crippen molar-refractivity contribution in [3.8, 4) is 0 Å². The summed E-state index contributed by atoms with van der Waals surface area (Å²) < 4.78 is 0. The van der Waals surface area contributed by atoms with E-state index in [1.165, 1.54) is 0 Å². The summed E-state index contributed by atoms with van der Waals surface area (Å²) >= 11 is 0. The normalized spacial score (nSPS) is 16.9. The summed E-state index contributed by atoms with van der Waals surface area (Å²) in [5.74, 6) is 0.704. The Labute approximate surface area is 68.6 Å². The van der Waals surface area contributed by atoms with Crippen LogP contribution in [0.5, 0.6) is 0 Å². The molecule has 1 heterocycles. The van der Waals surface area contributed by atoms with Crippen molar-refractivity contribution in [2.24, 2.45) is 0 Å². The van der Waals surface area contributed by atoms with Crippen LogP contribution >= 0.6 is 0 Å². The van der Waals surface area contributed by atoms with Gasteiger partial charge in [0.1, 0.15) is 0 Å². The number of rotatable bonds is 0. The molecule has 1 fully saturated rings. The molecular weight excluding hydrogens is 165 g/mol. The average molecular weight is 172 g/mol. The Hall–Kier alpha value is 0.444. The van der Waals surface area contributed by atoms with Crippen molar-refractivity contribution in [1.82, 2.24) is 10.6 Å². The fourth-order valence-corrected chi connectivity index (χ4v) is 0.457. The van der Waals surface area contributed by atoms with Crippen LogP contribution < -0.4 is 10.6 Å². The third kappa shape index (κ3) is 2.30. The monoisotopic (exact) mass is 172 g/mol. The van der Waals surface area contributed by atoms with E-state index in [-0.39, 0.29) is 32.7 Å². The first kappa shape index (κ1) is 7.44. The summed E-state index contributed by atoms with van der Waals surface area (Å²) in [6.45, 7) is 7.16. The molecular formula is C4H7N2Y+2. The van der Waals surface area contributed by atoms with Gasteiger partial charge in [-0.2, -0.15) is 0 Å². The van der Waals surface area contributed by atoms with Crippen molar-refractivity contribution in [2.45, 2.75) is 0 Å². The van der Waals surface area contributed by atoms with Gasteiger partial charge in [-0.15, -0.1) is 0 Å². The van der Waals surface area contributed by atoms with E-state index in [0.29, 0.717) is 5.82 Å². The van der Waals surface area contributed by atoms with Crippen LogP contribution in [0.25, 0.3) is 0 Å². The molecule has 34 valence electrons. The van der Waals surface area contributed by atoms with Gasteiger partial charge in [-0.05, 0) is 0 Å². The van der Waals surface area contributed by atoms with Crippen LogP contribution in [0, 0.1) is 6.58 Å². The van der Waals surface area contributed by atoms with E-state index >= 15 is 0 Å². The summed E-state index contributed by atoms with van der Waals surface area (Å²) in [5, 5.41) is 5.81. The minimum absolute atomic E-state index is 0. The van der Waals surface area contributed by atoms with Gasteiger partial charge >= 0.3 is 32.7 Å². The Morgan fingerprint density at radius 3 is 1.86 bits per heavy atom. The van der Waals surface area contributed by atoms with Gasteiger partial charge in [0.2, 0.25) is 0 Å². The number of hydrogen-bond acceptors (Lipinski definition) is 2. The van der Waals surface area contributed by atoms with Gasteiger partial charge in [-0.3, -0.25) is 0 Å². The molecule has 2 nitrogen and oxygen atoms in total. The molecule has 1 rings (SSSR count). The zero-order valence-corrected chi connectivity index (χ0v) is 6.91. The summed E-state index contributed by atoms with van der Waals surface area (Å²) in [4.78, 5) is 0. The minimum Gasteiger partial charge on any atom is -0.472 e. The second-order valence-corrected chi connectivity index (χ2v) is 1.27. The van der Waals surface area contributed by atoms with Gasteiger partial charge in [0, 0.05) is 13.1 Å². The smallest absolute Gasteiger partial charge is 0.472 e. The maximum absolute atomic E-state index is 5.23. The van der Waals surface area contributed by atoms with Crippen LogP contribution in [0.1, 0.15) is 0 Å². The van der Waals surface area contributed by atoms with E-state index in [1.807, 2.05) is 0 Å². The molecule has 0 aliphatic carbocycles. The maximum atomic E-state index is 5.23. The molecule has 0 radical (unpaired) electrons. The van der Waals surface area contributed by atoms with Crippen molar-refractivity contribution >= 4 is 0 Å². The van der Waals surface area contributed by atoms with Gasteiger partial charge in [-0.1, -0.05) is 5.82 Å². The van der Waals surface area contributed by atoms with Crippen LogP contribution in [-0.4, -0.2) is 13.1 Å². The molecule has 0 aromatic carbocycles. The Balaban J connectivity index is 0.000000360. The summed E-state index contributed by atoms with van der Waals surface area (Å²) in [5.41, 5.74) is 0. The van der Waals surface area contributed by atoms with E-state index in [4.69, 9.17) is 6.58 Å². The summed E-state index contributed by atoms with van der Waals surface area (Å²) in [6, 6.07) is 0. The van der Waals surface area contributed by atoms with E-state index < -0.39 is 0 Å². The van der Waals surface area contributed by atoms with Crippen LogP contribution in [0.4, 0.5) is 0 Å². The van der Waals surface area contributed by atoms with Crippen molar-refractivity contribution in [1.29, 1.82) is 0 Å². The molecule has 2 N–H and O–H groups in total. The Bertz CT molecular complexity index is 64.1. The zero-order chi connectivity index (χ0) is 4.41. The fourth-order valence-electron chi connectivity index (χ4n) is 0.457. The van der Waals surface area contributed by atoms with Gasteiger partial charge in [0.15, 0.2) is 0 Å². The molecule has 0 spiro atoms. The first-order valence-electron chi connectivity index (χ1n) is 2.00. The van der Waals surface area contributed by atoms with Crippen LogP contribution in [0.3, 0.4) is 0 Å². The SMILES string of the molecule is [CH-]=C1NCCN1.[Y+3]. The molecule has 7 heavy (non-hydrogen) atoms. The fraction of sp³-hybridized carbons (Fsp3) is 0.500. The van der Waals surface area contributed by atoms with Gasteiger partial charge in [-0.25, -0.2) is 0 Å². The Kier molecular flexibility index (Phi) is 3.66. The molecule has 0 bridgehead atoms. The van der Waals surface area contributed by atoms with E-state index in [1.54, 1.807) is 0 Å². The van der Waals surface area contributed by atoms with Crippen LogP contribution in [0.15, 0.2) is 5.82 Å². The topological polar surface area (TPSA) is 24.1 Å². The van der Waals surface area contributed by atoms with Crippen molar-refractivity contribution in [2.75, 3.05) is 13.1 Å². The van der Waals surface area contributed by atoms with Crippen molar-refractivity contribution < 1.29 is 32.7 Å². The predicted octanol–water partition coefficient (Wildman–Crippen LogP) is -0.549. The maximum Gasteiger partial charge on any atom is 3.00 e. The molecule has 3 heteroatoms. The minimum atomic E-state index is 0. The predicted molar refractivity (Wildman–Crippen MR) is 23.8 cm³/mol. The third-order valence-electron chi connectivity index (χ3n) is 0.756. The van der Waals surface area contributed by atoms with E-state index in [2.05, 4.69) is 10.6 Å². The molecule has 0 aromatic heterocycles. The quantitative estimate of drug-likeness (QED) is 0.479. The molecule has 0 atom stereocenters. The Morgan fingerprint density at radius 1 is 1.29 bits per heavy atom. The Morgan fingerprint density at radius 2 is 1.71 bits per heavy atom. The van der Waals surface area contributed by atoms with Gasteiger partial charge in [0.05, 0.1) is 0 Å². The van der Waals surface area contributed by atoms with Gasteiger partial charge < -0.3 is 17.2 Å². The molecule has 1 aliphatic heterocycles. The second-order valence-electron chi connectivity index (χ2n) is 1.27. The largest absolute Gasteiger partial charge is 3.00 e. The molecule has 0 amide bonds. The van der Waals surface area contributed by atoms with E-state index in [9.17, 15) is 0 Å². The van der Waals surface area contributed by atoms with Gasteiger partial charge in [0.25, 0.3) is 0 Å². The standard InChI is InChI=1S/C4H7N2.Y/c1-4-5-2-3-6-4;/h1,5-6H,2-3H2;/q-1;+3. The summed E-state index contributed by atoms with van der Waals surface area (Å²) in [6.07, 6.45) is 0. The zero-order valence-electron chi connectivity index (χ0n) is 4.07. The van der Waals surface area contributed by atoms with Crippen molar-refractivity contribution in [3.63, 3.8) is 0 Å². The molecule has 1 aliphatic rings. The van der Waals surface area contributed by atoms with Crippen LogP contribution in [-0.2, 0) is 32.7 Å². The number of nitrogens with one attached hydrogen (secondary N) is 2. The van der Waals surface area contributed by atoms with Crippen molar-refractivity contribution in [3.05, 3.63) is 12.4 Å². The first-order chi connectivity index (χ1) is 2.89. The summed E-state index contributed by atoms with van der Waals surface area (Å²) in [7, 11) is 0. The number of hydrogen-bond donors (Lipinski definition) is 2. The van der Waals surface area contributed by atoms with E-state index in [0.717, 1.165) is 13.1 Å². The molecule has 0 unspecified atom stereocenters. The third-order valence-corrected chi connectivity index (χ3v) is 0.756.